The van der Waals surface area contributed by atoms with Crippen LogP contribution in [0.25, 0.3) is 11.0 Å². The number of ketones is 1. The van der Waals surface area contributed by atoms with E-state index in [2.05, 4.69) is 5.32 Å². The lowest BCUT2D eigenvalue weighted by atomic mass is 10.0. The van der Waals surface area contributed by atoms with Crippen LogP contribution in [-0.2, 0) is 0 Å². The van der Waals surface area contributed by atoms with Gasteiger partial charge >= 0.3 is 0 Å². The summed E-state index contributed by atoms with van der Waals surface area (Å²) >= 11 is 0. The quantitative estimate of drug-likeness (QED) is 0.860. The van der Waals surface area contributed by atoms with Crippen LogP contribution < -0.4 is 5.32 Å². The first-order valence-corrected chi connectivity index (χ1v) is 6.66. The van der Waals surface area contributed by atoms with Crippen LogP contribution in [0.15, 0.2) is 28.7 Å². The number of carbonyl (C=O) groups is 1. The third-order valence-electron chi connectivity index (χ3n) is 3.71. The van der Waals surface area contributed by atoms with Crippen molar-refractivity contribution in [1.29, 1.82) is 0 Å². The van der Waals surface area contributed by atoms with Gasteiger partial charge in [-0.25, -0.2) is 4.39 Å². The number of hydrogen-bond acceptors (Lipinski definition) is 3. The van der Waals surface area contributed by atoms with Crippen LogP contribution in [0.1, 0.15) is 29.8 Å². The van der Waals surface area contributed by atoms with Crippen LogP contribution in [0.2, 0.25) is 0 Å². The molecular formula is C15H16FNO2. The van der Waals surface area contributed by atoms with E-state index >= 15 is 0 Å². The maximum atomic E-state index is 13.5. The molecule has 0 aliphatic carbocycles. The molecule has 0 amide bonds. The Morgan fingerprint density at radius 3 is 3.11 bits per heavy atom. The summed E-state index contributed by atoms with van der Waals surface area (Å²) in [5.41, 5.74) is 0.174. The fourth-order valence-corrected chi connectivity index (χ4v) is 2.58. The Hall–Kier alpha value is -1.68. The molecule has 1 saturated heterocycles. The maximum Gasteiger partial charge on any atom is 0.198 e. The van der Waals surface area contributed by atoms with Crippen molar-refractivity contribution >= 4 is 16.8 Å². The van der Waals surface area contributed by atoms with Crippen molar-refractivity contribution in [3.8, 4) is 0 Å². The minimum absolute atomic E-state index is 0.0394. The first-order chi connectivity index (χ1) is 9.24. The zero-order valence-electron chi connectivity index (χ0n) is 10.6. The summed E-state index contributed by atoms with van der Waals surface area (Å²) in [6.45, 7) is 2.02. The molecule has 4 heteroatoms. The molecule has 1 aromatic carbocycles. The van der Waals surface area contributed by atoms with Gasteiger partial charge in [-0.15, -0.1) is 0 Å². The summed E-state index contributed by atoms with van der Waals surface area (Å²) < 4.78 is 18.8. The summed E-state index contributed by atoms with van der Waals surface area (Å²) in [7, 11) is 0. The average molecular weight is 261 g/mol. The average Bonchev–Trinajstić information content (AvgIpc) is 3.05. The van der Waals surface area contributed by atoms with E-state index in [1.54, 1.807) is 18.2 Å². The third kappa shape index (κ3) is 2.54. The van der Waals surface area contributed by atoms with E-state index in [4.69, 9.17) is 4.42 Å². The second-order valence-corrected chi connectivity index (χ2v) is 5.09. The highest BCUT2D eigenvalue weighted by molar-refractivity contribution is 5.97. The topological polar surface area (TPSA) is 42.2 Å². The number of fused-ring (bicyclic) bond motifs is 1. The Balaban J connectivity index is 1.72. The van der Waals surface area contributed by atoms with Crippen molar-refractivity contribution in [3.63, 3.8) is 0 Å². The number of hydrogen-bond donors (Lipinski definition) is 1. The van der Waals surface area contributed by atoms with E-state index in [0.29, 0.717) is 17.7 Å². The Labute approximate surface area is 110 Å². The van der Waals surface area contributed by atoms with Gasteiger partial charge < -0.3 is 9.73 Å². The van der Waals surface area contributed by atoms with Gasteiger partial charge in [0.25, 0.3) is 0 Å². The highest BCUT2D eigenvalue weighted by atomic mass is 19.1. The monoisotopic (exact) mass is 261 g/mol. The van der Waals surface area contributed by atoms with Crippen molar-refractivity contribution in [1.82, 2.24) is 5.32 Å². The van der Waals surface area contributed by atoms with Crippen LogP contribution >= 0.6 is 0 Å². The highest BCUT2D eigenvalue weighted by Gasteiger charge is 2.18. The van der Waals surface area contributed by atoms with Crippen LogP contribution in [-0.4, -0.2) is 18.9 Å². The van der Waals surface area contributed by atoms with Gasteiger partial charge in [-0.3, -0.25) is 4.79 Å². The molecule has 0 saturated carbocycles. The standard InChI is InChI=1S/C15H16FNO2/c16-12-3-1-2-11-8-14(19-15(11)12)13(18)5-4-10-6-7-17-9-10/h1-3,8,10,17H,4-7,9H2. The normalized spacial score (nSPS) is 19.1. The van der Waals surface area contributed by atoms with Gasteiger partial charge in [0.05, 0.1) is 0 Å². The Morgan fingerprint density at radius 1 is 1.47 bits per heavy atom. The zero-order chi connectivity index (χ0) is 13.2. The molecule has 1 atom stereocenters. The predicted molar refractivity (Wildman–Crippen MR) is 70.7 cm³/mol. The summed E-state index contributed by atoms with van der Waals surface area (Å²) in [6.07, 6.45) is 2.46. The van der Waals surface area contributed by atoms with Crippen LogP contribution in [0.5, 0.6) is 0 Å². The fourth-order valence-electron chi connectivity index (χ4n) is 2.58. The van der Waals surface area contributed by atoms with Gasteiger partial charge in [-0.1, -0.05) is 12.1 Å². The lowest BCUT2D eigenvalue weighted by Gasteiger charge is -2.05. The van der Waals surface area contributed by atoms with Crippen LogP contribution in [0.4, 0.5) is 4.39 Å². The summed E-state index contributed by atoms with van der Waals surface area (Å²) in [5.74, 6) is 0.384. The molecule has 1 aromatic heterocycles. The van der Waals surface area contributed by atoms with Crippen molar-refractivity contribution in [2.24, 2.45) is 5.92 Å². The molecule has 19 heavy (non-hydrogen) atoms. The van der Waals surface area contributed by atoms with Gasteiger partial charge in [-0.2, -0.15) is 0 Å². The number of halogens is 1. The Bertz CT molecular complexity index is 599. The fraction of sp³-hybridized carbons (Fsp3) is 0.400. The SMILES string of the molecule is O=C(CCC1CCNC1)c1cc2cccc(F)c2o1. The van der Waals surface area contributed by atoms with E-state index < -0.39 is 5.82 Å². The number of furan rings is 1. The molecule has 1 N–H and O–H groups in total. The van der Waals surface area contributed by atoms with Gasteiger partial charge in [0.2, 0.25) is 0 Å². The van der Waals surface area contributed by atoms with Crippen molar-refractivity contribution < 1.29 is 13.6 Å². The molecule has 1 aliphatic heterocycles. The lowest BCUT2D eigenvalue weighted by Crippen LogP contribution is -2.10. The zero-order valence-corrected chi connectivity index (χ0v) is 10.6. The molecule has 100 valence electrons. The molecular weight excluding hydrogens is 245 g/mol. The van der Waals surface area contributed by atoms with E-state index in [1.807, 2.05) is 0 Å². The number of nitrogens with one attached hydrogen (secondary N) is 1. The molecule has 1 aliphatic rings. The largest absolute Gasteiger partial charge is 0.450 e. The van der Waals surface area contributed by atoms with Gasteiger partial charge in [0, 0.05) is 11.8 Å². The minimum Gasteiger partial charge on any atom is -0.450 e. The first-order valence-electron chi connectivity index (χ1n) is 6.66. The van der Waals surface area contributed by atoms with Gasteiger partial charge in [0.15, 0.2) is 22.9 Å². The van der Waals surface area contributed by atoms with Crippen LogP contribution in [0, 0.1) is 11.7 Å². The lowest BCUT2D eigenvalue weighted by molar-refractivity contribution is 0.0949. The number of rotatable bonds is 4. The second-order valence-electron chi connectivity index (χ2n) is 5.09. The van der Waals surface area contributed by atoms with Crippen molar-refractivity contribution in [2.75, 3.05) is 13.1 Å². The first kappa shape index (κ1) is 12.4. The van der Waals surface area contributed by atoms with E-state index in [1.165, 1.54) is 6.07 Å². The molecule has 1 fully saturated rings. The maximum absolute atomic E-state index is 13.5. The molecule has 0 bridgehead atoms. The smallest absolute Gasteiger partial charge is 0.198 e. The van der Waals surface area contributed by atoms with E-state index in [-0.39, 0.29) is 17.1 Å². The van der Waals surface area contributed by atoms with E-state index in [0.717, 1.165) is 25.9 Å². The molecule has 1 unspecified atom stereocenters. The molecule has 2 aromatic rings. The minimum atomic E-state index is -0.420. The highest BCUT2D eigenvalue weighted by Crippen LogP contribution is 2.24. The Kier molecular flexibility index (Phi) is 3.34. The van der Waals surface area contributed by atoms with Crippen molar-refractivity contribution in [3.05, 3.63) is 35.8 Å². The van der Waals surface area contributed by atoms with E-state index in [9.17, 15) is 9.18 Å². The predicted octanol–water partition coefficient (Wildman–Crippen LogP) is 3.14. The molecule has 3 rings (SSSR count). The van der Waals surface area contributed by atoms with Crippen LogP contribution in [0.3, 0.4) is 0 Å². The number of para-hydroxylation sites is 1. The van der Waals surface area contributed by atoms with Crippen molar-refractivity contribution in [2.45, 2.75) is 19.3 Å². The van der Waals surface area contributed by atoms with Gasteiger partial charge in [-0.05, 0) is 44.0 Å². The molecule has 0 radical (unpaired) electrons. The van der Waals surface area contributed by atoms with Gasteiger partial charge in [0.1, 0.15) is 0 Å². The number of Topliss-reactive ketones (excluding diaryl/α,β-unsaturated/α-hetero) is 1. The summed E-state index contributed by atoms with van der Waals surface area (Å²) in [5, 5.41) is 3.92. The summed E-state index contributed by atoms with van der Waals surface area (Å²) in [6, 6.07) is 6.34. The molecule has 2 heterocycles. The number of benzene rings is 1. The second kappa shape index (κ2) is 5.13. The summed E-state index contributed by atoms with van der Waals surface area (Å²) in [4.78, 5) is 12.0. The number of carbonyl (C=O) groups excluding carboxylic acids is 1. The molecule has 0 spiro atoms. The Morgan fingerprint density at radius 2 is 2.37 bits per heavy atom. The molecule has 3 nitrogen and oxygen atoms in total. The third-order valence-corrected chi connectivity index (χ3v) is 3.71.